The lowest BCUT2D eigenvalue weighted by Crippen LogP contribution is -2.41. The molecule has 1 saturated heterocycles. The van der Waals surface area contributed by atoms with Crippen molar-refractivity contribution in [2.75, 3.05) is 25.5 Å². The summed E-state index contributed by atoms with van der Waals surface area (Å²) < 4.78 is 32.8. The Bertz CT molecular complexity index is 1010. The largest absolute Gasteiger partial charge is 0.497 e. The van der Waals surface area contributed by atoms with Crippen LogP contribution in [0, 0.1) is 5.92 Å². The highest BCUT2D eigenvalue weighted by molar-refractivity contribution is 7.89. The summed E-state index contributed by atoms with van der Waals surface area (Å²) in [5.74, 6) is 0.401. The number of rotatable bonds is 5. The summed E-state index contributed by atoms with van der Waals surface area (Å²) in [7, 11) is -1.93. The molecular weight excluding hydrogens is 388 g/mol. The molecule has 29 heavy (non-hydrogen) atoms. The topological polar surface area (TPSA) is 75.7 Å². The van der Waals surface area contributed by atoms with Crippen molar-refractivity contribution in [2.45, 2.75) is 37.0 Å². The lowest BCUT2D eigenvalue weighted by Gasteiger charge is -2.30. The lowest BCUT2D eigenvalue weighted by molar-refractivity contribution is -0.120. The highest BCUT2D eigenvalue weighted by Crippen LogP contribution is 2.29. The number of piperidine rings is 1. The first-order chi connectivity index (χ1) is 14.0. The maximum absolute atomic E-state index is 13.0. The van der Waals surface area contributed by atoms with Gasteiger partial charge in [-0.3, -0.25) is 4.79 Å². The molecule has 0 aromatic heterocycles. The Balaban J connectivity index is 1.39. The molecule has 2 aliphatic rings. The number of nitrogens with one attached hydrogen (secondary N) is 1. The summed E-state index contributed by atoms with van der Waals surface area (Å²) in [6.07, 6.45) is 4.10. The number of hydrogen-bond donors (Lipinski definition) is 1. The predicted octanol–water partition coefficient (Wildman–Crippen LogP) is 3.22. The van der Waals surface area contributed by atoms with Crippen molar-refractivity contribution in [1.82, 2.24) is 4.31 Å². The number of benzene rings is 2. The highest BCUT2D eigenvalue weighted by atomic mass is 32.2. The van der Waals surface area contributed by atoms with Gasteiger partial charge in [-0.15, -0.1) is 0 Å². The Morgan fingerprint density at radius 2 is 1.83 bits per heavy atom. The van der Waals surface area contributed by atoms with Crippen molar-refractivity contribution in [3.8, 4) is 5.75 Å². The number of aryl methyl sites for hydroxylation is 2. The number of carbonyl (C=O) groups excluding carboxylic acids is 1. The fourth-order valence-electron chi connectivity index (χ4n) is 4.16. The quantitative estimate of drug-likeness (QED) is 0.815. The van der Waals surface area contributed by atoms with Crippen molar-refractivity contribution in [3.63, 3.8) is 0 Å². The smallest absolute Gasteiger partial charge is 0.243 e. The summed E-state index contributed by atoms with van der Waals surface area (Å²) >= 11 is 0. The van der Waals surface area contributed by atoms with Crippen LogP contribution in [0.3, 0.4) is 0 Å². The van der Waals surface area contributed by atoms with Crippen LogP contribution < -0.4 is 10.1 Å². The first kappa shape index (κ1) is 19.9. The predicted molar refractivity (Wildman–Crippen MR) is 112 cm³/mol. The monoisotopic (exact) mass is 414 g/mol. The van der Waals surface area contributed by atoms with E-state index in [0.717, 1.165) is 24.8 Å². The molecule has 0 unspecified atom stereocenters. The van der Waals surface area contributed by atoms with Crippen molar-refractivity contribution in [3.05, 3.63) is 53.6 Å². The minimum absolute atomic E-state index is 0.0761. The Morgan fingerprint density at radius 1 is 1.07 bits per heavy atom. The molecule has 7 heteroatoms. The van der Waals surface area contributed by atoms with Gasteiger partial charge in [0.25, 0.3) is 0 Å². The maximum atomic E-state index is 13.0. The molecule has 154 valence electrons. The highest BCUT2D eigenvalue weighted by Gasteiger charge is 2.32. The van der Waals surface area contributed by atoms with E-state index in [9.17, 15) is 13.2 Å². The molecule has 0 saturated carbocycles. The molecule has 1 heterocycles. The second kappa shape index (κ2) is 8.16. The van der Waals surface area contributed by atoms with Crippen LogP contribution in [0.2, 0.25) is 0 Å². The molecule has 1 amide bonds. The van der Waals surface area contributed by atoms with E-state index in [1.165, 1.54) is 9.87 Å². The van der Waals surface area contributed by atoms with Crippen LogP contribution in [0.15, 0.2) is 47.4 Å². The van der Waals surface area contributed by atoms with Gasteiger partial charge in [-0.25, -0.2) is 8.42 Å². The second-order valence-corrected chi connectivity index (χ2v) is 9.62. The maximum Gasteiger partial charge on any atom is 0.243 e. The number of hydrogen-bond acceptors (Lipinski definition) is 4. The Hall–Kier alpha value is -2.38. The van der Waals surface area contributed by atoms with Crippen molar-refractivity contribution >= 4 is 21.6 Å². The fraction of sp³-hybridized carbons (Fsp3) is 0.409. The Morgan fingerprint density at radius 3 is 2.59 bits per heavy atom. The summed E-state index contributed by atoms with van der Waals surface area (Å²) in [6.45, 7) is 0.714. The van der Waals surface area contributed by atoms with Gasteiger partial charge < -0.3 is 10.1 Å². The van der Waals surface area contributed by atoms with Crippen molar-refractivity contribution in [1.29, 1.82) is 0 Å². The molecule has 4 rings (SSSR count). The number of anilines is 1. The molecule has 1 fully saturated rings. The zero-order chi connectivity index (χ0) is 20.4. The fourth-order valence-corrected chi connectivity index (χ4v) is 5.68. The zero-order valence-corrected chi connectivity index (χ0v) is 17.4. The molecule has 1 aliphatic heterocycles. The van der Waals surface area contributed by atoms with Gasteiger partial charge in [0, 0.05) is 30.8 Å². The third-order valence-electron chi connectivity index (χ3n) is 5.87. The van der Waals surface area contributed by atoms with E-state index in [2.05, 4.69) is 5.32 Å². The molecule has 0 atom stereocenters. The van der Waals surface area contributed by atoms with E-state index in [-0.39, 0.29) is 11.8 Å². The van der Waals surface area contributed by atoms with Gasteiger partial charge in [-0.05, 0) is 67.5 Å². The van der Waals surface area contributed by atoms with Crippen LogP contribution in [0.1, 0.15) is 30.4 Å². The van der Waals surface area contributed by atoms with Gasteiger partial charge >= 0.3 is 0 Å². The normalized spacial score (nSPS) is 17.7. The number of sulfonamides is 1. The van der Waals surface area contributed by atoms with Gasteiger partial charge in [-0.2, -0.15) is 4.31 Å². The van der Waals surface area contributed by atoms with E-state index in [0.29, 0.717) is 42.3 Å². The molecule has 0 bridgehead atoms. The molecule has 2 aromatic carbocycles. The van der Waals surface area contributed by atoms with E-state index in [1.54, 1.807) is 19.2 Å². The standard InChI is InChI=1S/C22H26N2O4S/c1-28-20-7-3-6-19(15-20)23-22(25)17-10-12-24(13-11-17)29(26,27)21-9-8-16-4-2-5-18(16)14-21/h3,6-9,14-15,17H,2,4-5,10-13H2,1H3,(H,23,25). The average Bonchev–Trinajstić information content (AvgIpc) is 3.22. The Kier molecular flexibility index (Phi) is 5.61. The molecule has 6 nitrogen and oxygen atoms in total. The van der Waals surface area contributed by atoms with E-state index >= 15 is 0 Å². The van der Waals surface area contributed by atoms with Gasteiger partial charge in [0.05, 0.1) is 12.0 Å². The average molecular weight is 415 g/mol. The molecular formula is C22H26N2O4S. The van der Waals surface area contributed by atoms with Crippen LogP contribution >= 0.6 is 0 Å². The van der Waals surface area contributed by atoms with E-state index in [4.69, 9.17) is 4.74 Å². The molecule has 0 radical (unpaired) electrons. The Labute approximate surface area is 171 Å². The lowest BCUT2D eigenvalue weighted by atomic mass is 9.97. The summed E-state index contributed by atoms with van der Waals surface area (Å²) in [6, 6.07) is 12.7. The van der Waals surface area contributed by atoms with Crippen molar-refractivity contribution < 1.29 is 17.9 Å². The molecule has 0 spiro atoms. The van der Waals surface area contributed by atoms with Crippen LogP contribution in [0.5, 0.6) is 5.75 Å². The summed E-state index contributed by atoms with van der Waals surface area (Å²) in [5, 5.41) is 2.91. The minimum atomic E-state index is -3.52. The number of carbonyl (C=O) groups is 1. The first-order valence-electron chi connectivity index (χ1n) is 10.0. The third kappa shape index (κ3) is 4.16. The zero-order valence-electron chi connectivity index (χ0n) is 16.6. The van der Waals surface area contributed by atoms with Crippen molar-refractivity contribution in [2.24, 2.45) is 5.92 Å². The number of methoxy groups -OCH3 is 1. The van der Waals surface area contributed by atoms with Crippen LogP contribution in [-0.2, 0) is 27.7 Å². The van der Waals surface area contributed by atoms with Gasteiger partial charge in [-0.1, -0.05) is 12.1 Å². The van der Waals surface area contributed by atoms with Gasteiger partial charge in [0.15, 0.2) is 0 Å². The summed E-state index contributed by atoms with van der Waals surface area (Å²) in [5.41, 5.74) is 3.10. The van der Waals surface area contributed by atoms with Crippen LogP contribution in [-0.4, -0.2) is 38.8 Å². The van der Waals surface area contributed by atoms with E-state index in [1.807, 2.05) is 30.3 Å². The molecule has 1 N–H and O–H groups in total. The number of nitrogens with zero attached hydrogens (tertiary/aromatic N) is 1. The van der Waals surface area contributed by atoms with Gasteiger partial charge in [0.1, 0.15) is 5.75 Å². The molecule has 2 aromatic rings. The minimum Gasteiger partial charge on any atom is -0.497 e. The van der Waals surface area contributed by atoms with E-state index < -0.39 is 10.0 Å². The summed E-state index contributed by atoms with van der Waals surface area (Å²) in [4.78, 5) is 13.0. The van der Waals surface area contributed by atoms with Crippen LogP contribution in [0.4, 0.5) is 5.69 Å². The third-order valence-corrected chi connectivity index (χ3v) is 7.76. The number of ether oxygens (including phenoxy) is 1. The number of amides is 1. The second-order valence-electron chi connectivity index (χ2n) is 7.68. The van der Waals surface area contributed by atoms with Crippen LogP contribution in [0.25, 0.3) is 0 Å². The van der Waals surface area contributed by atoms with Gasteiger partial charge in [0.2, 0.25) is 15.9 Å². The SMILES string of the molecule is COc1cccc(NC(=O)C2CCN(S(=O)(=O)c3ccc4c(c3)CCC4)CC2)c1. The molecule has 1 aliphatic carbocycles. The number of fused-ring (bicyclic) bond motifs is 1. The first-order valence-corrected chi connectivity index (χ1v) is 11.5.